The van der Waals surface area contributed by atoms with Crippen molar-refractivity contribution in [3.63, 3.8) is 0 Å². The number of hydrogen-bond donors (Lipinski definition) is 2. The molecule has 0 aliphatic rings. The Labute approximate surface area is 388 Å². The van der Waals surface area contributed by atoms with E-state index in [0.717, 1.165) is 60.8 Å². The molecule has 0 aliphatic carbocycles. The molecule has 0 aromatic heterocycles. The Hall–Kier alpha value is -1.96. The van der Waals surface area contributed by atoms with Crippen molar-refractivity contribution in [1.82, 2.24) is 0 Å². The van der Waals surface area contributed by atoms with Crippen LogP contribution < -0.4 is 0 Å². The molecule has 62 heavy (non-hydrogen) atoms. The molecule has 0 unspecified atom stereocenters. The topological polar surface area (TPSA) is 40.5 Å². The normalized spacial score (nSPS) is 12.2. The first kappa shape index (κ1) is 56.2. The summed E-state index contributed by atoms with van der Waals surface area (Å²) in [5, 5.41) is 25.7. The fourth-order valence-electron chi connectivity index (χ4n) is 10.1. The average Bonchev–Trinajstić information content (AvgIpc) is 3.22. The van der Waals surface area contributed by atoms with Gasteiger partial charge in [-0.15, -0.1) is 0 Å². The number of phenols is 2. The lowest BCUT2D eigenvalue weighted by molar-refractivity contribution is 0.438. The number of hydrogen-bond acceptors (Lipinski definition) is 2. The minimum atomic E-state index is -0.123. The van der Waals surface area contributed by atoms with E-state index in [0.29, 0.717) is 11.5 Å². The molecular formula is C60H106O2. The molecule has 2 heteroatoms. The van der Waals surface area contributed by atoms with Gasteiger partial charge < -0.3 is 10.2 Å². The summed E-state index contributed by atoms with van der Waals surface area (Å²) in [6, 6.07) is 4.74. The fraction of sp³-hybridized carbons (Fsp3) is 0.800. The van der Waals surface area contributed by atoms with Crippen molar-refractivity contribution in [2.45, 2.75) is 311 Å². The van der Waals surface area contributed by atoms with Gasteiger partial charge >= 0.3 is 0 Å². The van der Waals surface area contributed by atoms with E-state index in [2.05, 4.69) is 81.4 Å². The number of aryl methyl sites for hydroxylation is 1. The number of benzene rings is 2. The SMILES string of the molecule is CCCCCCCCCCCCCc1c(O)c(CCCCCCCCCCCCC)c(-c2c(C(C)(C)C)cc(C)cc2C(C)(C)C)c(O)c1CCCCCCCCCCCCC. The molecule has 358 valence electrons. The molecule has 0 atom stereocenters. The van der Waals surface area contributed by atoms with Crippen LogP contribution in [0.4, 0.5) is 0 Å². The van der Waals surface area contributed by atoms with Crippen LogP contribution in [0.2, 0.25) is 0 Å². The van der Waals surface area contributed by atoms with Crippen LogP contribution in [0.25, 0.3) is 11.1 Å². The number of unbranched alkanes of at least 4 members (excludes halogenated alkanes) is 30. The molecule has 0 spiro atoms. The van der Waals surface area contributed by atoms with Crippen molar-refractivity contribution in [1.29, 1.82) is 0 Å². The summed E-state index contributed by atoms with van der Waals surface area (Å²) in [5.41, 5.74) is 8.86. The van der Waals surface area contributed by atoms with Crippen LogP contribution in [0.1, 0.15) is 308 Å². The summed E-state index contributed by atoms with van der Waals surface area (Å²) < 4.78 is 0. The minimum Gasteiger partial charge on any atom is -0.507 e. The molecule has 2 nitrogen and oxygen atoms in total. The molecule has 2 N–H and O–H groups in total. The lowest BCUT2D eigenvalue weighted by Gasteiger charge is -2.33. The molecule has 0 bridgehead atoms. The van der Waals surface area contributed by atoms with Crippen molar-refractivity contribution in [2.75, 3.05) is 0 Å². The van der Waals surface area contributed by atoms with E-state index in [1.54, 1.807) is 0 Å². The van der Waals surface area contributed by atoms with E-state index in [1.165, 1.54) is 215 Å². The van der Waals surface area contributed by atoms with Crippen molar-refractivity contribution in [3.05, 3.63) is 45.5 Å². The van der Waals surface area contributed by atoms with Gasteiger partial charge in [0.1, 0.15) is 11.5 Å². The van der Waals surface area contributed by atoms with Crippen LogP contribution in [-0.4, -0.2) is 10.2 Å². The predicted molar refractivity (Wildman–Crippen MR) is 278 cm³/mol. The standard InChI is InChI=1S/C60H106O2/c1-11-14-17-20-23-26-29-32-35-38-41-44-50-51(45-42-39-36-33-30-27-24-21-18-15-12-2)58(62)55(56-53(59(5,6)7)47-49(4)48-54(56)60(8,9)10)52(57(50)61)46-43-40-37-34-31-28-25-22-19-16-13-3/h47-48,61-62H,11-46H2,1-10H3. The van der Waals surface area contributed by atoms with Crippen LogP contribution in [0.5, 0.6) is 11.5 Å². The highest BCUT2D eigenvalue weighted by Crippen LogP contribution is 2.51. The van der Waals surface area contributed by atoms with Gasteiger partial charge in [0.05, 0.1) is 0 Å². The molecule has 0 fully saturated rings. The smallest absolute Gasteiger partial charge is 0.127 e. The molecule has 2 rings (SSSR count). The summed E-state index contributed by atoms with van der Waals surface area (Å²) in [4.78, 5) is 0. The van der Waals surface area contributed by atoms with Gasteiger partial charge in [-0.05, 0) is 73.0 Å². The van der Waals surface area contributed by atoms with E-state index >= 15 is 0 Å². The largest absolute Gasteiger partial charge is 0.507 e. The first-order valence-electron chi connectivity index (χ1n) is 27.5. The van der Waals surface area contributed by atoms with E-state index in [4.69, 9.17) is 0 Å². The van der Waals surface area contributed by atoms with Gasteiger partial charge in [-0.2, -0.15) is 0 Å². The molecule has 0 amide bonds. The molecule has 0 aliphatic heterocycles. The molecule has 0 saturated heterocycles. The highest BCUT2D eigenvalue weighted by Gasteiger charge is 2.32. The Balaban J connectivity index is 2.46. The minimum absolute atomic E-state index is 0.123. The highest BCUT2D eigenvalue weighted by molar-refractivity contribution is 5.85. The first-order valence-corrected chi connectivity index (χ1v) is 27.5. The lowest BCUT2D eigenvalue weighted by Crippen LogP contribution is -2.20. The zero-order valence-corrected chi connectivity index (χ0v) is 43.5. The third-order valence-corrected chi connectivity index (χ3v) is 14.0. The van der Waals surface area contributed by atoms with E-state index in [1.807, 2.05) is 0 Å². The van der Waals surface area contributed by atoms with Crippen LogP contribution in [0, 0.1) is 6.92 Å². The summed E-state index contributed by atoms with van der Waals surface area (Å²) >= 11 is 0. The number of aromatic hydroxyl groups is 2. The van der Waals surface area contributed by atoms with E-state index in [-0.39, 0.29) is 10.8 Å². The predicted octanol–water partition coefficient (Wildman–Crippen LogP) is 20.2. The Morgan fingerprint density at radius 1 is 0.323 bits per heavy atom. The van der Waals surface area contributed by atoms with Crippen molar-refractivity contribution in [3.8, 4) is 22.6 Å². The molecule has 0 radical (unpaired) electrons. The van der Waals surface area contributed by atoms with Gasteiger partial charge in [0.25, 0.3) is 0 Å². The summed E-state index contributed by atoms with van der Waals surface area (Å²) in [6.45, 7) is 23.1. The second-order valence-corrected chi connectivity index (χ2v) is 22.1. The van der Waals surface area contributed by atoms with Crippen molar-refractivity contribution < 1.29 is 10.2 Å². The molecule has 2 aromatic rings. The Kier molecular flexibility index (Phi) is 29.6. The van der Waals surface area contributed by atoms with Gasteiger partial charge in [-0.25, -0.2) is 0 Å². The number of rotatable bonds is 37. The second kappa shape index (κ2) is 32.7. The maximum atomic E-state index is 13.0. The van der Waals surface area contributed by atoms with E-state index < -0.39 is 0 Å². The van der Waals surface area contributed by atoms with Gasteiger partial charge in [-0.1, -0.05) is 273 Å². The average molecular weight is 860 g/mol. The zero-order valence-electron chi connectivity index (χ0n) is 43.5. The first-order chi connectivity index (χ1) is 29.8. The van der Waals surface area contributed by atoms with Gasteiger partial charge in [0, 0.05) is 22.3 Å². The Bertz CT molecular complexity index is 1400. The van der Waals surface area contributed by atoms with Crippen molar-refractivity contribution >= 4 is 0 Å². The van der Waals surface area contributed by atoms with Crippen molar-refractivity contribution in [2.24, 2.45) is 0 Å². The van der Waals surface area contributed by atoms with Gasteiger partial charge in [-0.3, -0.25) is 0 Å². The molecule has 2 aromatic carbocycles. The monoisotopic (exact) mass is 859 g/mol. The maximum Gasteiger partial charge on any atom is 0.127 e. The maximum absolute atomic E-state index is 13.0. The van der Waals surface area contributed by atoms with Crippen LogP contribution in [0.15, 0.2) is 12.1 Å². The third kappa shape index (κ3) is 21.8. The van der Waals surface area contributed by atoms with Gasteiger partial charge in [0.15, 0.2) is 0 Å². The summed E-state index contributed by atoms with van der Waals surface area (Å²) in [5.74, 6) is 0.987. The molecule has 0 heterocycles. The van der Waals surface area contributed by atoms with E-state index in [9.17, 15) is 10.2 Å². The second-order valence-electron chi connectivity index (χ2n) is 22.1. The fourth-order valence-corrected chi connectivity index (χ4v) is 10.1. The Morgan fingerprint density at radius 3 is 0.839 bits per heavy atom. The van der Waals surface area contributed by atoms with Crippen LogP contribution in [-0.2, 0) is 30.1 Å². The molecule has 0 saturated carbocycles. The molecular weight excluding hydrogens is 753 g/mol. The quantitative estimate of drug-likeness (QED) is 0.0525. The third-order valence-electron chi connectivity index (χ3n) is 14.0. The highest BCUT2D eigenvalue weighted by atomic mass is 16.3. The van der Waals surface area contributed by atoms with Crippen LogP contribution in [0.3, 0.4) is 0 Å². The summed E-state index contributed by atoms with van der Waals surface area (Å²) in [7, 11) is 0. The van der Waals surface area contributed by atoms with Crippen LogP contribution >= 0.6 is 0 Å². The lowest BCUT2D eigenvalue weighted by atomic mass is 9.71. The summed E-state index contributed by atoms with van der Waals surface area (Å²) in [6.07, 6.45) is 45.8. The van der Waals surface area contributed by atoms with Gasteiger partial charge in [0.2, 0.25) is 0 Å². The zero-order chi connectivity index (χ0) is 45.6. The number of phenolic OH excluding ortho intramolecular Hbond substituents is 2. The Morgan fingerprint density at radius 2 is 0.565 bits per heavy atom.